The van der Waals surface area contributed by atoms with Gasteiger partial charge in [-0.2, -0.15) is 4.31 Å². The first kappa shape index (κ1) is 23.5. The molecular weight excluding hydrogens is 465 g/mol. The van der Waals surface area contributed by atoms with Gasteiger partial charge < -0.3 is 4.90 Å². The molecule has 1 aliphatic rings. The summed E-state index contributed by atoms with van der Waals surface area (Å²) >= 11 is 13.4. The van der Waals surface area contributed by atoms with E-state index in [1.807, 2.05) is 0 Å². The van der Waals surface area contributed by atoms with Crippen molar-refractivity contribution >= 4 is 50.7 Å². The number of hydrogen-bond acceptors (Lipinski definition) is 6. The molecule has 3 rings (SSSR count). The Morgan fingerprint density at radius 2 is 1.73 bits per heavy atom. The molecular formula is C20H23Cl2N3O3S2. The summed E-state index contributed by atoms with van der Waals surface area (Å²) in [5.74, 6) is 0. The van der Waals surface area contributed by atoms with Gasteiger partial charge in [0, 0.05) is 40.0 Å². The second-order valence-electron chi connectivity index (χ2n) is 7.16. The Bertz CT molecular complexity index is 992. The van der Waals surface area contributed by atoms with Gasteiger partial charge >= 0.3 is 0 Å². The van der Waals surface area contributed by atoms with Crippen molar-refractivity contribution in [3.63, 3.8) is 0 Å². The smallest absolute Gasteiger partial charge is 0.244 e. The molecule has 162 valence electrons. The lowest BCUT2D eigenvalue weighted by molar-refractivity contribution is 0.218. The first-order valence-electron chi connectivity index (χ1n) is 9.59. The molecule has 0 saturated carbocycles. The van der Waals surface area contributed by atoms with Crippen LogP contribution < -0.4 is 0 Å². The van der Waals surface area contributed by atoms with Crippen LogP contribution in [0.5, 0.6) is 0 Å². The van der Waals surface area contributed by atoms with Crippen LogP contribution in [0.1, 0.15) is 19.3 Å². The van der Waals surface area contributed by atoms with E-state index in [0.29, 0.717) is 32.9 Å². The Balaban J connectivity index is 1.86. The number of benzene rings is 2. The van der Waals surface area contributed by atoms with Gasteiger partial charge in [0.15, 0.2) is 0 Å². The van der Waals surface area contributed by atoms with Crippen LogP contribution in [0, 0.1) is 4.91 Å². The zero-order chi connectivity index (χ0) is 21.7. The maximum absolute atomic E-state index is 13.3. The summed E-state index contributed by atoms with van der Waals surface area (Å²) in [5, 5.41) is 3.82. The van der Waals surface area contributed by atoms with E-state index in [1.54, 1.807) is 31.3 Å². The maximum atomic E-state index is 13.3. The van der Waals surface area contributed by atoms with Gasteiger partial charge in [-0.3, -0.25) is 0 Å². The zero-order valence-electron chi connectivity index (χ0n) is 16.6. The molecule has 0 aromatic heterocycles. The monoisotopic (exact) mass is 487 g/mol. The number of likely N-dealkylation sites (tertiary alicyclic amines) is 1. The largest absolute Gasteiger partial charge is 0.302 e. The summed E-state index contributed by atoms with van der Waals surface area (Å²) in [4.78, 5) is 14.5. The standard InChI is InChI=1S/C20H23Cl2N3O3S2/c1-24(9-10-25-7-3-2-4-8-25)30(27,28)20-14-17(23-26)5-6-19(20)29-18-12-15(21)11-16(22)13-18/h5-6,11-14H,2-4,7-10H2,1H3. The highest BCUT2D eigenvalue weighted by Crippen LogP contribution is 2.38. The third kappa shape index (κ3) is 5.96. The minimum atomic E-state index is -3.82. The molecule has 0 spiro atoms. The van der Waals surface area contributed by atoms with Crippen molar-refractivity contribution in [1.82, 2.24) is 9.21 Å². The molecule has 1 fully saturated rings. The Morgan fingerprint density at radius 3 is 2.37 bits per heavy atom. The number of piperidine rings is 1. The van der Waals surface area contributed by atoms with Crippen molar-refractivity contribution < 1.29 is 8.42 Å². The second kappa shape index (κ2) is 10.4. The first-order valence-corrected chi connectivity index (χ1v) is 12.6. The van der Waals surface area contributed by atoms with Crippen LogP contribution >= 0.6 is 35.0 Å². The van der Waals surface area contributed by atoms with Crippen LogP contribution in [0.2, 0.25) is 10.0 Å². The number of rotatable bonds is 8. The third-order valence-corrected chi connectivity index (χ3v) is 8.47. The SMILES string of the molecule is CN(CCN1CCCCC1)S(=O)(=O)c1cc(N=O)ccc1Sc1cc(Cl)cc(Cl)c1. The fraction of sp³-hybridized carbons (Fsp3) is 0.400. The molecule has 10 heteroatoms. The van der Waals surface area contributed by atoms with E-state index in [1.165, 1.54) is 34.6 Å². The third-order valence-electron chi connectivity index (χ3n) is 4.96. The topological polar surface area (TPSA) is 70.1 Å². The average Bonchev–Trinajstić information content (AvgIpc) is 2.72. The highest BCUT2D eigenvalue weighted by Gasteiger charge is 2.26. The minimum absolute atomic E-state index is 0.0434. The van der Waals surface area contributed by atoms with E-state index in [0.717, 1.165) is 25.9 Å². The quantitative estimate of drug-likeness (QED) is 0.449. The molecule has 0 amide bonds. The number of halogens is 2. The number of nitrogens with zero attached hydrogens (tertiary/aromatic N) is 3. The van der Waals surface area contributed by atoms with E-state index in [9.17, 15) is 13.3 Å². The lowest BCUT2D eigenvalue weighted by Crippen LogP contribution is -2.38. The van der Waals surface area contributed by atoms with Gasteiger partial charge in [0.1, 0.15) is 5.69 Å². The molecule has 0 aliphatic carbocycles. The molecule has 1 saturated heterocycles. The van der Waals surface area contributed by atoms with Gasteiger partial charge in [-0.15, -0.1) is 4.91 Å². The number of sulfonamides is 1. The van der Waals surface area contributed by atoms with Gasteiger partial charge in [0.2, 0.25) is 10.0 Å². The molecule has 6 nitrogen and oxygen atoms in total. The fourth-order valence-electron chi connectivity index (χ4n) is 3.31. The van der Waals surface area contributed by atoms with E-state index in [4.69, 9.17) is 23.2 Å². The number of likely N-dealkylation sites (N-methyl/N-ethyl adjacent to an activating group) is 1. The maximum Gasteiger partial charge on any atom is 0.244 e. The van der Waals surface area contributed by atoms with Crippen molar-refractivity contribution in [2.75, 3.05) is 33.2 Å². The summed E-state index contributed by atoms with van der Waals surface area (Å²) in [6, 6.07) is 9.42. The normalized spacial score (nSPS) is 15.5. The molecule has 0 N–H and O–H groups in total. The van der Waals surface area contributed by atoms with Crippen LogP contribution in [0.4, 0.5) is 5.69 Å². The molecule has 2 aromatic rings. The van der Waals surface area contributed by atoms with Crippen molar-refractivity contribution in [2.24, 2.45) is 5.18 Å². The molecule has 1 aliphatic heterocycles. The molecule has 1 heterocycles. The van der Waals surface area contributed by atoms with Crippen molar-refractivity contribution in [2.45, 2.75) is 33.9 Å². The van der Waals surface area contributed by atoms with Crippen LogP contribution in [0.3, 0.4) is 0 Å². The van der Waals surface area contributed by atoms with E-state index in [2.05, 4.69) is 10.1 Å². The Hall–Kier alpha value is -1.16. The molecule has 0 radical (unpaired) electrons. The summed E-state index contributed by atoms with van der Waals surface area (Å²) in [6.45, 7) is 3.03. The van der Waals surface area contributed by atoms with Gasteiger partial charge in [-0.25, -0.2) is 8.42 Å². The fourth-order valence-corrected chi connectivity index (χ4v) is 6.57. The molecule has 0 atom stereocenters. The van der Waals surface area contributed by atoms with Gasteiger partial charge in [-0.1, -0.05) is 41.4 Å². The molecule has 2 aromatic carbocycles. The summed E-state index contributed by atoms with van der Waals surface area (Å²) in [5.41, 5.74) is 0.0616. The van der Waals surface area contributed by atoms with Crippen LogP contribution in [0.15, 0.2) is 56.3 Å². The highest BCUT2D eigenvalue weighted by molar-refractivity contribution is 8.00. The van der Waals surface area contributed by atoms with Gasteiger partial charge in [-0.05, 0) is 67.5 Å². The van der Waals surface area contributed by atoms with Crippen molar-refractivity contribution in [3.8, 4) is 0 Å². The lowest BCUT2D eigenvalue weighted by Gasteiger charge is -2.28. The Labute approximate surface area is 191 Å². The molecule has 0 unspecified atom stereocenters. The highest BCUT2D eigenvalue weighted by atomic mass is 35.5. The van der Waals surface area contributed by atoms with Gasteiger partial charge in [0.25, 0.3) is 0 Å². The average molecular weight is 488 g/mol. The number of nitroso groups, excluding NO2 is 1. The minimum Gasteiger partial charge on any atom is -0.302 e. The van der Waals surface area contributed by atoms with E-state index < -0.39 is 10.0 Å². The first-order chi connectivity index (χ1) is 14.3. The molecule has 30 heavy (non-hydrogen) atoms. The van der Waals surface area contributed by atoms with Gasteiger partial charge in [0.05, 0.1) is 4.90 Å². The summed E-state index contributed by atoms with van der Waals surface area (Å²) < 4.78 is 28.0. The second-order valence-corrected chi connectivity index (χ2v) is 11.2. The number of hydrogen-bond donors (Lipinski definition) is 0. The zero-order valence-corrected chi connectivity index (χ0v) is 19.7. The van der Waals surface area contributed by atoms with Crippen molar-refractivity contribution in [3.05, 3.63) is 51.4 Å². The predicted octanol–water partition coefficient (Wildman–Crippen LogP) is 5.65. The Morgan fingerprint density at radius 1 is 1.07 bits per heavy atom. The molecule has 0 bridgehead atoms. The van der Waals surface area contributed by atoms with Crippen LogP contribution in [0.25, 0.3) is 0 Å². The van der Waals surface area contributed by atoms with Crippen LogP contribution in [-0.2, 0) is 10.0 Å². The summed E-state index contributed by atoms with van der Waals surface area (Å²) in [7, 11) is -2.26. The lowest BCUT2D eigenvalue weighted by atomic mass is 10.1. The van der Waals surface area contributed by atoms with E-state index in [-0.39, 0.29) is 10.6 Å². The van der Waals surface area contributed by atoms with E-state index >= 15 is 0 Å². The predicted molar refractivity (Wildman–Crippen MR) is 123 cm³/mol. The van der Waals surface area contributed by atoms with Crippen LogP contribution in [-0.4, -0.2) is 50.8 Å². The Kier molecular flexibility index (Phi) is 8.17. The van der Waals surface area contributed by atoms with Crippen molar-refractivity contribution in [1.29, 1.82) is 0 Å². The summed E-state index contributed by atoms with van der Waals surface area (Å²) in [6.07, 6.45) is 3.52.